The van der Waals surface area contributed by atoms with Crippen molar-refractivity contribution < 1.29 is 17.9 Å². The second-order valence-electron chi connectivity index (χ2n) is 9.76. The molecule has 192 valence electrons. The highest BCUT2D eigenvalue weighted by Crippen LogP contribution is 2.39. The Kier molecular flexibility index (Phi) is 7.88. The first-order valence-electron chi connectivity index (χ1n) is 12.6. The van der Waals surface area contributed by atoms with Gasteiger partial charge in [-0.1, -0.05) is 13.3 Å². The van der Waals surface area contributed by atoms with Gasteiger partial charge >= 0.3 is 0 Å². The molecule has 2 aliphatic heterocycles. The predicted octanol–water partition coefficient (Wildman–Crippen LogP) is 3.10. The number of aromatic nitrogens is 1. The molecule has 2 aromatic rings. The summed E-state index contributed by atoms with van der Waals surface area (Å²) in [6.07, 6.45) is 5.65. The van der Waals surface area contributed by atoms with E-state index in [9.17, 15) is 13.2 Å². The number of fused-ring (bicyclic) bond motifs is 1. The van der Waals surface area contributed by atoms with Crippen LogP contribution < -0.4 is 10.1 Å². The number of methoxy groups -OCH3 is 1. The Hall–Kier alpha value is -2.36. The zero-order valence-corrected chi connectivity index (χ0v) is 22.1. The topological polar surface area (TPSA) is 83.9 Å². The van der Waals surface area contributed by atoms with Gasteiger partial charge in [-0.2, -0.15) is 4.31 Å². The monoisotopic (exact) mass is 502 g/mol. The van der Waals surface area contributed by atoms with Crippen LogP contribution in [0.3, 0.4) is 0 Å². The van der Waals surface area contributed by atoms with Crippen molar-refractivity contribution in [1.82, 2.24) is 19.1 Å². The van der Waals surface area contributed by atoms with E-state index in [-0.39, 0.29) is 5.91 Å². The van der Waals surface area contributed by atoms with E-state index < -0.39 is 22.0 Å². The van der Waals surface area contributed by atoms with E-state index in [1.165, 1.54) is 23.6 Å². The average molecular weight is 503 g/mol. The van der Waals surface area contributed by atoms with Crippen molar-refractivity contribution in [3.63, 3.8) is 0 Å². The highest BCUT2D eigenvalue weighted by atomic mass is 32.2. The number of nitrogens with one attached hydrogen (secondary N) is 1. The highest BCUT2D eigenvalue weighted by molar-refractivity contribution is 7.89. The highest BCUT2D eigenvalue weighted by Gasteiger charge is 2.42. The molecule has 1 aromatic heterocycles. The van der Waals surface area contributed by atoms with Crippen molar-refractivity contribution in [3.8, 4) is 5.75 Å². The van der Waals surface area contributed by atoms with Gasteiger partial charge in [-0.15, -0.1) is 0 Å². The first kappa shape index (κ1) is 25.7. The van der Waals surface area contributed by atoms with Crippen molar-refractivity contribution in [2.75, 3.05) is 39.8 Å². The molecule has 35 heavy (non-hydrogen) atoms. The van der Waals surface area contributed by atoms with Crippen molar-refractivity contribution in [3.05, 3.63) is 47.3 Å². The minimum absolute atomic E-state index is 0.120. The fourth-order valence-electron chi connectivity index (χ4n) is 5.54. The van der Waals surface area contributed by atoms with Crippen LogP contribution in [0, 0.1) is 19.8 Å². The summed E-state index contributed by atoms with van der Waals surface area (Å²) in [5.74, 6) is -0.0338. The van der Waals surface area contributed by atoms with Crippen molar-refractivity contribution >= 4 is 15.9 Å². The van der Waals surface area contributed by atoms with Crippen LogP contribution in [0.5, 0.6) is 5.75 Å². The summed E-state index contributed by atoms with van der Waals surface area (Å²) in [6.45, 7) is 9.83. The summed E-state index contributed by atoms with van der Waals surface area (Å²) in [7, 11) is -2.29. The maximum atomic E-state index is 14.1. The van der Waals surface area contributed by atoms with E-state index in [2.05, 4.69) is 14.8 Å². The third kappa shape index (κ3) is 5.27. The number of likely N-dealkylation sites (tertiary alicyclic amines) is 1. The maximum absolute atomic E-state index is 14.1. The second-order valence-corrected chi connectivity index (χ2v) is 11.6. The Morgan fingerprint density at radius 2 is 1.80 bits per heavy atom. The minimum atomic E-state index is -3.86. The van der Waals surface area contributed by atoms with Crippen LogP contribution in [0.4, 0.5) is 0 Å². The third-order valence-electron chi connectivity index (χ3n) is 7.34. The number of nitrogens with zero attached hydrogens (tertiary/aromatic N) is 3. The Morgan fingerprint density at radius 1 is 1.11 bits per heavy atom. The molecule has 1 fully saturated rings. The molecule has 2 atom stereocenters. The molecule has 0 spiro atoms. The molecule has 0 radical (unpaired) electrons. The maximum Gasteiger partial charge on any atom is 0.244 e. The molecular weight excluding hydrogens is 464 g/mol. The van der Waals surface area contributed by atoms with Crippen LogP contribution in [0.15, 0.2) is 35.4 Å². The number of carbonyl (C=O) groups is 1. The van der Waals surface area contributed by atoms with Crippen molar-refractivity contribution in [2.45, 2.75) is 57.5 Å². The molecular formula is C26H38N4O4S. The Labute approximate surface area is 209 Å². The lowest BCUT2D eigenvalue weighted by Crippen LogP contribution is -2.48. The third-order valence-corrected chi connectivity index (χ3v) is 9.53. The molecule has 2 unspecified atom stereocenters. The molecule has 1 N–H and O–H groups in total. The minimum Gasteiger partial charge on any atom is -0.497 e. The molecule has 4 rings (SSSR count). The standard InChI is InChI=1S/C26H38N4O4S/c1-19-17-22(34-4)18-20(2)25(19)35(32,33)30-16-15-29-13-8-9-23(29)24(30)21(3)26(31)27-10-14-28-11-6-5-7-12-28/h8-9,13,17-18,21,24H,5-7,10-12,14-16H2,1-4H3,(H,27,31). The fourth-order valence-corrected chi connectivity index (χ4v) is 7.62. The Morgan fingerprint density at radius 3 is 2.46 bits per heavy atom. The summed E-state index contributed by atoms with van der Waals surface area (Å²) < 4.78 is 37.0. The van der Waals surface area contributed by atoms with E-state index in [0.29, 0.717) is 41.4 Å². The molecule has 8 nitrogen and oxygen atoms in total. The Balaban J connectivity index is 1.59. The van der Waals surface area contributed by atoms with Gasteiger partial charge < -0.3 is 19.5 Å². The number of rotatable bonds is 8. The second kappa shape index (κ2) is 10.7. The summed E-state index contributed by atoms with van der Waals surface area (Å²) in [4.78, 5) is 15.9. The summed E-state index contributed by atoms with van der Waals surface area (Å²) in [6, 6.07) is 6.76. The van der Waals surface area contributed by atoms with Crippen LogP contribution in [-0.2, 0) is 21.4 Å². The van der Waals surface area contributed by atoms with Gasteiger partial charge in [-0.3, -0.25) is 4.79 Å². The molecule has 0 saturated carbocycles. The van der Waals surface area contributed by atoms with Crippen LogP contribution in [0.2, 0.25) is 0 Å². The van der Waals surface area contributed by atoms with Gasteiger partial charge in [-0.05, 0) is 75.2 Å². The summed E-state index contributed by atoms with van der Waals surface area (Å²) in [5, 5.41) is 3.07. The van der Waals surface area contributed by atoms with E-state index in [4.69, 9.17) is 4.74 Å². The first-order valence-corrected chi connectivity index (χ1v) is 14.0. The lowest BCUT2D eigenvalue weighted by molar-refractivity contribution is -0.126. The lowest BCUT2D eigenvalue weighted by Gasteiger charge is -2.39. The molecule has 0 bridgehead atoms. The fraction of sp³-hybridized carbons (Fsp3) is 0.577. The first-order chi connectivity index (χ1) is 16.7. The van der Waals surface area contributed by atoms with Crippen molar-refractivity contribution in [2.24, 2.45) is 5.92 Å². The molecule has 9 heteroatoms. The zero-order chi connectivity index (χ0) is 25.2. The number of piperidine rings is 1. The number of carbonyl (C=O) groups excluding carboxylic acids is 1. The molecule has 1 saturated heterocycles. The largest absolute Gasteiger partial charge is 0.497 e. The zero-order valence-electron chi connectivity index (χ0n) is 21.3. The van der Waals surface area contributed by atoms with Gasteiger partial charge in [-0.25, -0.2) is 8.42 Å². The van der Waals surface area contributed by atoms with Gasteiger partial charge in [0.2, 0.25) is 15.9 Å². The van der Waals surface area contributed by atoms with Crippen LogP contribution in [0.1, 0.15) is 49.0 Å². The lowest BCUT2D eigenvalue weighted by atomic mass is 9.96. The van der Waals surface area contributed by atoms with Crippen LogP contribution in [-0.4, -0.2) is 67.9 Å². The smallest absolute Gasteiger partial charge is 0.244 e. The molecule has 0 aliphatic carbocycles. The van der Waals surface area contributed by atoms with E-state index in [1.807, 2.05) is 25.3 Å². The van der Waals surface area contributed by atoms with Crippen molar-refractivity contribution in [1.29, 1.82) is 0 Å². The van der Waals surface area contributed by atoms with Gasteiger partial charge in [0.05, 0.1) is 24.0 Å². The molecule has 1 amide bonds. The number of hydrogen-bond donors (Lipinski definition) is 1. The van der Waals surface area contributed by atoms with E-state index in [0.717, 1.165) is 25.3 Å². The quantitative estimate of drug-likeness (QED) is 0.600. The number of ether oxygens (including phenoxy) is 1. The molecule has 2 aliphatic rings. The van der Waals surface area contributed by atoms with Gasteiger partial charge in [0.15, 0.2) is 0 Å². The number of sulfonamides is 1. The normalized spacial score (nSPS) is 20.3. The predicted molar refractivity (Wildman–Crippen MR) is 136 cm³/mol. The number of aryl methyl sites for hydroxylation is 2. The van der Waals surface area contributed by atoms with E-state index in [1.54, 1.807) is 33.1 Å². The number of amides is 1. The number of hydrogen-bond acceptors (Lipinski definition) is 5. The average Bonchev–Trinajstić information content (AvgIpc) is 3.32. The van der Waals surface area contributed by atoms with Crippen LogP contribution >= 0.6 is 0 Å². The Bertz CT molecular complexity index is 1130. The van der Waals surface area contributed by atoms with E-state index >= 15 is 0 Å². The molecule has 3 heterocycles. The summed E-state index contributed by atoms with van der Waals surface area (Å²) in [5.41, 5.74) is 2.13. The summed E-state index contributed by atoms with van der Waals surface area (Å²) >= 11 is 0. The molecule has 1 aromatic carbocycles. The SMILES string of the molecule is COc1cc(C)c(S(=O)(=O)N2CCn3cccc3C2C(C)C(=O)NCCN2CCCCC2)c(C)c1. The number of benzene rings is 1. The van der Waals surface area contributed by atoms with Gasteiger partial charge in [0.25, 0.3) is 0 Å². The van der Waals surface area contributed by atoms with Crippen LogP contribution in [0.25, 0.3) is 0 Å². The van der Waals surface area contributed by atoms with Gasteiger partial charge in [0.1, 0.15) is 5.75 Å². The van der Waals surface area contributed by atoms with Gasteiger partial charge in [0, 0.05) is 38.1 Å².